The predicted molar refractivity (Wildman–Crippen MR) is 67.1 cm³/mol. The molecule has 1 atom stereocenters. The van der Waals surface area contributed by atoms with E-state index in [0.29, 0.717) is 12.1 Å². The van der Waals surface area contributed by atoms with E-state index in [9.17, 15) is 12.8 Å². The summed E-state index contributed by atoms with van der Waals surface area (Å²) in [5, 5.41) is 2.14. The molecule has 0 fully saturated rings. The molecule has 4 nitrogen and oxygen atoms in total. The Hall–Kier alpha value is -1.14. The van der Waals surface area contributed by atoms with Crippen molar-refractivity contribution in [1.82, 2.24) is 5.32 Å². The van der Waals surface area contributed by atoms with Crippen LogP contribution in [0.5, 0.6) is 0 Å². The summed E-state index contributed by atoms with van der Waals surface area (Å²) in [7, 11) is -1.91. The lowest BCUT2D eigenvalue weighted by molar-refractivity contribution is 0.582. The van der Waals surface area contributed by atoms with Gasteiger partial charge in [0, 0.05) is 6.54 Å². The molecule has 1 unspecified atom stereocenters. The monoisotopic (exact) mass is 260 g/mol. The highest BCUT2D eigenvalue weighted by molar-refractivity contribution is 7.93. The summed E-state index contributed by atoms with van der Waals surface area (Å²) >= 11 is 0. The minimum absolute atomic E-state index is 0.0236. The van der Waals surface area contributed by atoms with E-state index in [1.54, 1.807) is 33.0 Å². The lowest BCUT2D eigenvalue weighted by Gasteiger charge is -2.16. The third-order valence-corrected chi connectivity index (χ3v) is 4.20. The minimum Gasteiger partial charge on any atom is -0.318 e. The largest absolute Gasteiger partial charge is 0.318 e. The summed E-state index contributed by atoms with van der Waals surface area (Å²) in [6, 6.07) is 4.43. The molecule has 0 saturated carbocycles. The number of rotatable bonds is 5. The molecular weight excluding hydrogens is 243 g/mol. The van der Waals surface area contributed by atoms with Crippen LogP contribution in [0.15, 0.2) is 18.2 Å². The Balaban J connectivity index is 2.98. The SMILES string of the molecule is CNCC(C)S(=O)(=O)Nc1c(C)cccc1F. The van der Waals surface area contributed by atoms with Gasteiger partial charge in [0.15, 0.2) is 0 Å². The second kappa shape index (κ2) is 5.46. The maximum atomic E-state index is 13.5. The van der Waals surface area contributed by atoms with Crippen LogP contribution in [-0.2, 0) is 10.0 Å². The fraction of sp³-hybridized carbons (Fsp3) is 0.455. The molecule has 0 aliphatic heterocycles. The average Bonchev–Trinajstić information content (AvgIpc) is 2.24. The van der Waals surface area contributed by atoms with Crippen LogP contribution < -0.4 is 10.0 Å². The Kier molecular flexibility index (Phi) is 4.47. The standard InChI is InChI=1S/C11H17FN2O2S/c1-8-5-4-6-10(12)11(8)14-17(15,16)9(2)7-13-3/h4-6,9,13-14H,7H2,1-3H3. The molecule has 1 rings (SSSR count). The number of aryl methyl sites for hydroxylation is 1. The third kappa shape index (κ3) is 3.41. The van der Waals surface area contributed by atoms with Crippen molar-refractivity contribution in [3.05, 3.63) is 29.6 Å². The maximum Gasteiger partial charge on any atom is 0.236 e. The topological polar surface area (TPSA) is 58.2 Å². The summed E-state index contributed by atoms with van der Waals surface area (Å²) in [5.41, 5.74) is 0.584. The molecule has 0 heterocycles. The Bertz CT molecular complexity index is 468. The summed E-state index contributed by atoms with van der Waals surface area (Å²) in [5.74, 6) is -0.565. The molecule has 0 saturated heterocycles. The number of sulfonamides is 1. The van der Waals surface area contributed by atoms with Crippen molar-refractivity contribution in [2.75, 3.05) is 18.3 Å². The number of hydrogen-bond acceptors (Lipinski definition) is 3. The Morgan fingerprint density at radius 3 is 2.59 bits per heavy atom. The number of anilines is 1. The summed E-state index contributed by atoms with van der Waals surface area (Å²) in [6.07, 6.45) is 0. The zero-order valence-electron chi connectivity index (χ0n) is 10.1. The van der Waals surface area contributed by atoms with Crippen LogP contribution >= 0.6 is 0 Å². The molecule has 1 aromatic carbocycles. The second-order valence-corrected chi connectivity index (χ2v) is 6.05. The van der Waals surface area contributed by atoms with E-state index < -0.39 is 21.1 Å². The van der Waals surface area contributed by atoms with Gasteiger partial charge in [0.05, 0.1) is 10.9 Å². The highest BCUT2D eigenvalue weighted by atomic mass is 32.2. The van der Waals surface area contributed by atoms with E-state index in [1.165, 1.54) is 6.07 Å². The average molecular weight is 260 g/mol. The van der Waals surface area contributed by atoms with Gasteiger partial charge in [-0.05, 0) is 32.5 Å². The molecule has 0 bridgehead atoms. The molecule has 2 N–H and O–H groups in total. The van der Waals surface area contributed by atoms with Gasteiger partial charge in [-0.25, -0.2) is 12.8 Å². The van der Waals surface area contributed by atoms with Crippen molar-refractivity contribution < 1.29 is 12.8 Å². The van der Waals surface area contributed by atoms with Crippen molar-refractivity contribution in [3.8, 4) is 0 Å². The van der Waals surface area contributed by atoms with Crippen LogP contribution in [0.3, 0.4) is 0 Å². The van der Waals surface area contributed by atoms with E-state index in [0.717, 1.165) is 0 Å². The minimum atomic E-state index is -3.57. The summed E-state index contributed by atoms with van der Waals surface area (Å²) in [6.45, 7) is 3.53. The van der Waals surface area contributed by atoms with Gasteiger partial charge >= 0.3 is 0 Å². The van der Waals surface area contributed by atoms with E-state index in [2.05, 4.69) is 10.0 Å². The normalized spacial score (nSPS) is 13.4. The van der Waals surface area contributed by atoms with Crippen LogP contribution in [0.4, 0.5) is 10.1 Å². The highest BCUT2D eigenvalue weighted by Gasteiger charge is 2.21. The number of halogens is 1. The van der Waals surface area contributed by atoms with E-state index in [-0.39, 0.29) is 5.69 Å². The van der Waals surface area contributed by atoms with Gasteiger partial charge in [0.25, 0.3) is 0 Å². The van der Waals surface area contributed by atoms with E-state index in [1.807, 2.05) is 0 Å². The van der Waals surface area contributed by atoms with Crippen LogP contribution in [0, 0.1) is 12.7 Å². The zero-order valence-corrected chi connectivity index (χ0v) is 10.9. The first-order valence-corrected chi connectivity index (χ1v) is 6.84. The predicted octanol–water partition coefficient (Wildman–Crippen LogP) is 1.48. The molecule has 0 aromatic heterocycles. The first-order chi connectivity index (χ1) is 7.88. The van der Waals surface area contributed by atoms with Crippen molar-refractivity contribution >= 4 is 15.7 Å². The van der Waals surface area contributed by atoms with Gasteiger partial charge in [0.1, 0.15) is 5.82 Å². The number of para-hydroxylation sites is 1. The fourth-order valence-electron chi connectivity index (χ4n) is 1.40. The number of benzene rings is 1. The van der Waals surface area contributed by atoms with Crippen LogP contribution in [-0.4, -0.2) is 27.3 Å². The third-order valence-electron chi connectivity index (χ3n) is 2.49. The molecule has 0 aliphatic rings. The molecule has 96 valence electrons. The van der Waals surface area contributed by atoms with Gasteiger partial charge in [-0.3, -0.25) is 4.72 Å². The highest BCUT2D eigenvalue weighted by Crippen LogP contribution is 2.21. The maximum absolute atomic E-state index is 13.5. The van der Waals surface area contributed by atoms with Crippen molar-refractivity contribution in [2.45, 2.75) is 19.1 Å². The van der Waals surface area contributed by atoms with Gasteiger partial charge in [-0.1, -0.05) is 12.1 Å². The van der Waals surface area contributed by atoms with Gasteiger partial charge in [-0.2, -0.15) is 0 Å². The van der Waals surface area contributed by atoms with Crippen molar-refractivity contribution in [3.63, 3.8) is 0 Å². The molecule has 0 amide bonds. The van der Waals surface area contributed by atoms with Crippen molar-refractivity contribution in [1.29, 1.82) is 0 Å². The molecule has 0 spiro atoms. The Morgan fingerprint density at radius 2 is 2.06 bits per heavy atom. The zero-order chi connectivity index (χ0) is 13.1. The molecule has 0 aliphatic carbocycles. The lowest BCUT2D eigenvalue weighted by atomic mass is 10.2. The van der Waals surface area contributed by atoms with Crippen LogP contribution in [0.2, 0.25) is 0 Å². The Labute approximate surface area is 101 Å². The Morgan fingerprint density at radius 1 is 1.41 bits per heavy atom. The smallest absolute Gasteiger partial charge is 0.236 e. The molecular formula is C11H17FN2O2S. The summed E-state index contributed by atoms with van der Waals surface area (Å²) in [4.78, 5) is 0. The lowest BCUT2D eigenvalue weighted by Crippen LogP contribution is -2.33. The van der Waals surface area contributed by atoms with Gasteiger partial charge in [0.2, 0.25) is 10.0 Å². The second-order valence-electron chi connectivity index (χ2n) is 3.95. The van der Waals surface area contributed by atoms with Crippen LogP contribution in [0.1, 0.15) is 12.5 Å². The van der Waals surface area contributed by atoms with Crippen LogP contribution in [0.25, 0.3) is 0 Å². The van der Waals surface area contributed by atoms with E-state index in [4.69, 9.17) is 0 Å². The molecule has 0 radical (unpaired) electrons. The molecule has 6 heteroatoms. The van der Waals surface area contributed by atoms with E-state index >= 15 is 0 Å². The first kappa shape index (κ1) is 13.9. The first-order valence-electron chi connectivity index (χ1n) is 5.30. The molecule has 17 heavy (non-hydrogen) atoms. The van der Waals surface area contributed by atoms with Gasteiger partial charge < -0.3 is 5.32 Å². The number of hydrogen-bond donors (Lipinski definition) is 2. The van der Waals surface area contributed by atoms with Crippen molar-refractivity contribution in [2.24, 2.45) is 0 Å². The molecule has 1 aromatic rings. The summed E-state index contributed by atoms with van der Waals surface area (Å²) < 4.78 is 39.5. The fourth-order valence-corrected chi connectivity index (χ4v) is 2.53. The number of nitrogens with one attached hydrogen (secondary N) is 2. The van der Waals surface area contributed by atoms with Gasteiger partial charge in [-0.15, -0.1) is 0 Å². The quantitative estimate of drug-likeness (QED) is 0.843.